The quantitative estimate of drug-likeness (QED) is 0.623. The third-order valence-corrected chi connectivity index (χ3v) is 5.32. The fraction of sp³-hybridized carbons (Fsp3) is 0.364. The lowest BCUT2D eigenvalue weighted by Gasteiger charge is -2.34. The van der Waals surface area contributed by atoms with Gasteiger partial charge in [-0.1, -0.05) is 12.1 Å². The summed E-state index contributed by atoms with van der Waals surface area (Å²) in [6.45, 7) is 3.15. The number of halogens is 1. The van der Waals surface area contributed by atoms with Crippen molar-refractivity contribution in [3.63, 3.8) is 0 Å². The van der Waals surface area contributed by atoms with Crippen molar-refractivity contribution < 1.29 is 14.2 Å². The van der Waals surface area contributed by atoms with Gasteiger partial charge in [-0.3, -0.25) is 0 Å². The minimum Gasteiger partial charge on any atom is -0.507 e. The summed E-state index contributed by atoms with van der Waals surface area (Å²) < 4.78 is 19.1. The first-order valence-electron chi connectivity index (χ1n) is 9.88. The largest absolute Gasteiger partial charge is 0.507 e. The number of nitrogens with zero attached hydrogens (tertiary/aromatic N) is 3. The molecule has 6 nitrogen and oxygen atoms in total. The molecule has 152 valence electrons. The van der Waals surface area contributed by atoms with Crippen LogP contribution >= 0.6 is 0 Å². The molecule has 1 aromatic heterocycles. The molecule has 0 atom stereocenters. The summed E-state index contributed by atoms with van der Waals surface area (Å²) in [4.78, 5) is 11.5. The number of para-hydroxylation sites is 1. The van der Waals surface area contributed by atoms with Crippen LogP contribution in [0.2, 0.25) is 0 Å². The van der Waals surface area contributed by atoms with Crippen molar-refractivity contribution in [2.45, 2.75) is 18.9 Å². The lowest BCUT2D eigenvalue weighted by Crippen LogP contribution is -2.43. The van der Waals surface area contributed by atoms with Gasteiger partial charge in [-0.05, 0) is 43.2 Å². The van der Waals surface area contributed by atoms with Crippen LogP contribution in [-0.4, -0.2) is 54.5 Å². The van der Waals surface area contributed by atoms with Crippen LogP contribution in [0.4, 0.5) is 10.2 Å². The van der Waals surface area contributed by atoms with Crippen LogP contribution < -0.4 is 10.2 Å². The Hall–Kier alpha value is -2.77. The maximum atomic E-state index is 14.0. The third-order valence-electron chi connectivity index (χ3n) is 5.32. The first-order valence-corrected chi connectivity index (χ1v) is 9.88. The van der Waals surface area contributed by atoms with E-state index in [0.717, 1.165) is 32.5 Å². The van der Waals surface area contributed by atoms with Crippen LogP contribution in [0.15, 0.2) is 42.5 Å². The molecule has 0 unspecified atom stereocenters. The molecule has 2 N–H and O–H groups in total. The monoisotopic (exact) mass is 396 g/mol. The molecular formula is C22H25FN4O2. The van der Waals surface area contributed by atoms with Crippen molar-refractivity contribution >= 4 is 16.7 Å². The highest BCUT2D eigenvalue weighted by Crippen LogP contribution is 2.32. The minimum atomic E-state index is -0.311. The normalized spacial score (nSPS) is 15.2. The molecule has 1 saturated heterocycles. The second-order valence-electron chi connectivity index (χ2n) is 7.26. The number of nitrogens with one attached hydrogen (secondary N) is 1. The number of ether oxygens (including phenoxy) is 1. The van der Waals surface area contributed by atoms with Gasteiger partial charge in [0.25, 0.3) is 0 Å². The van der Waals surface area contributed by atoms with Crippen molar-refractivity contribution in [2.75, 3.05) is 38.3 Å². The molecular weight excluding hydrogens is 371 g/mol. The van der Waals surface area contributed by atoms with Crippen LogP contribution in [0.1, 0.15) is 12.8 Å². The van der Waals surface area contributed by atoms with E-state index >= 15 is 0 Å². The van der Waals surface area contributed by atoms with Gasteiger partial charge in [-0.15, -0.1) is 0 Å². The first kappa shape index (κ1) is 19.5. The van der Waals surface area contributed by atoms with E-state index in [1.807, 2.05) is 6.07 Å². The first-order chi connectivity index (χ1) is 14.2. The van der Waals surface area contributed by atoms with E-state index in [2.05, 4.69) is 15.2 Å². The number of piperidine rings is 1. The standard InChI is InChI=1S/C22H25FN4O2/c1-29-13-10-24-16-8-11-27(12-9-16)22-18-14-15(23)6-7-19(18)25-21(26-22)17-4-2-3-5-20(17)28/h2-7,14,16,24,28H,8-13H2,1H3. The molecule has 0 radical (unpaired) electrons. The summed E-state index contributed by atoms with van der Waals surface area (Å²) >= 11 is 0. The molecule has 1 fully saturated rings. The minimum absolute atomic E-state index is 0.126. The lowest BCUT2D eigenvalue weighted by molar-refractivity contribution is 0.193. The fourth-order valence-corrected chi connectivity index (χ4v) is 3.77. The highest BCUT2D eigenvalue weighted by molar-refractivity contribution is 5.91. The van der Waals surface area contributed by atoms with E-state index in [9.17, 15) is 9.50 Å². The zero-order chi connectivity index (χ0) is 20.2. The highest BCUT2D eigenvalue weighted by Gasteiger charge is 2.23. The van der Waals surface area contributed by atoms with Gasteiger partial charge in [0.15, 0.2) is 5.82 Å². The van der Waals surface area contributed by atoms with Crippen molar-refractivity contribution in [1.82, 2.24) is 15.3 Å². The van der Waals surface area contributed by atoms with E-state index in [-0.39, 0.29) is 11.6 Å². The van der Waals surface area contributed by atoms with E-state index in [4.69, 9.17) is 9.72 Å². The van der Waals surface area contributed by atoms with E-state index in [1.54, 1.807) is 31.4 Å². The number of phenolic OH excluding ortho intramolecular Hbond substituents is 1. The molecule has 0 aliphatic carbocycles. The molecule has 7 heteroatoms. The summed E-state index contributed by atoms with van der Waals surface area (Å²) in [6.07, 6.45) is 1.94. The van der Waals surface area contributed by atoms with Gasteiger partial charge >= 0.3 is 0 Å². The van der Waals surface area contributed by atoms with Crippen molar-refractivity contribution in [3.8, 4) is 17.1 Å². The Morgan fingerprint density at radius 2 is 1.97 bits per heavy atom. The lowest BCUT2D eigenvalue weighted by atomic mass is 10.0. The number of fused-ring (bicyclic) bond motifs is 1. The zero-order valence-corrected chi connectivity index (χ0v) is 16.4. The molecule has 2 aromatic carbocycles. The summed E-state index contributed by atoms with van der Waals surface area (Å²) in [5.41, 5.74) is 1.23. The van der Waals surface area contributed by atoms with Crippen molar-refractivity contribution in [1.29, 1.82) is 0 Å². The van der Waals surface area contributed by atoms with Gasteiger partial charge < -0.3 is 20.1 Å². The van der Waals surface area contributed by atoms with Crippen LogP contribution in [0.5, 0.6) is 5.75 Å². The maximum absolute atomic E-state index is 14.0. The van der Waals surface area contributed by atoms with Gasteiger partial charge in [-0.25, -0.2) is 14.4 Å². The van der Waals surface area contributed by atoms with Crippen LogP contribution in [0.25, 0.3) is 22.3 Å². The molecule has 0 bridgehead atoms. The molecule has 3 aromatic rings. The molecule has 29 heavy (non-hydrogen) atoms. The van der Waals surface area contributed by atoms with Crippen LogP contribution in [-0.2, 0) is 4.74 Å². The maximum Gasteiger partial charge on any atom is 0.165 e. The van der Waals surface area contributed by atoms with Crippen molar-refractivity contribution in [2.24, 2.45) is 0 Å². The topological polar surface area (TPSA) is 70.5 Å². The highest BCUT2D eigenvalue weighted by atomic mass is 19.1. The smallest absolute Gasteiger partial charge is 0.165 e. The van der Waals surface area contributed by atoms with Crippen LogP contribution in [0, 0.1) is 5.82 Å². The third kappa shape index (κ3) is 4.31. The Labute approximate surface area is 169 Å². The molecule has 1 aliphatic rings. The molecule has 0 amide bonds. The molecule has 0 spiro atoms. The van der Waals surface area contributed by atoms with Gasteiger partial charge in [0, 0.05) is 38.2 Å². The number of aromatic hydroxyl groups is 1. The predicted octanol–water partition coefficient (Wildman–Crippen LogP) is 3.35. The number of phenols is 1. The number of methoxy groups -OCH3 is 1. The predicted molar refractivity (Wildman–Crippen MR) is 112 cm³/mol. The number of rotatable bonds is 6. The molecule has 0 saturated carbocycles. The zero-order valence-electron chi connectivity index (χ0n) is 16.4. The second-order valence-corrected chi connectivity index (χ2v) is 7.26. The van der Waals surface area contributed by atoms with E-state index in [0.29, 0.717) is 40.8 Å². The Morgan fingerprint density at radius 1 is 1.17 bits per heavy atom. The average molecular weight is 396 g/mol. The molecule has 1 aliphatic heterocycles. The molecule has 4 rings (SSSR count). The number of benzene rings is 2. The van der Waals surface area contributed by atoms with E-state index in [1.165, 1.54) is 12.1 Å². The number of anilines is 1. The number of aromatic nitrogens is 2. The van der Waals surface area contributed by atoms with E-state index < -0.39 is 0 Å². The summed E-state index contributed by atoms with van der Waals surface area (Å²) in [7, 11) is 1.70. The Balaban J connectivity index is 1.66. The van der Waals surface area contributed by atoms with Crippen molar-refractivity contribution in [3.05, 3.63) is 48.3 Å². The Morgan fingerprint density at radius 3 is 2.72 bits per heavy atom. The van der Waals surface area contributed by atoms with Gasteiger partial charge in [0.1, 0.15) is 17.4 Å². The average Bonchev–Trinajstić information content (AvgIpc) is 2.74. The van der Waals surface area contributed by atoms with Crippen LogP contribution in [0.3, 0.4) is 0 Å². The Kier molecular flexibility index (Phi) is 5.87. The van der Waals surface area contributed by atoms with Gasteiger partial charge in [0.2, 0.25) is 0 Å². The summed E-state index contributed by atoms with van der Waals surface area (Å²) in [5, 5.41) is 14.4. The molecule has 2 heterocycles. The summed E-state index contributed by atoms with van der Waals surface area (Å²) in [5.74, 6) is 0.968. The summed E-state index contributed by atoms with van der Waals surface area (Å²) in [6, 6.07) is 12.0. The Bertz CT molecular complexity index is 990. The number of hydrogen-bond donors (Lipinski definition) is 2. The number of hydrogen-bond acceptors (Lipinski definition) is 6. The fourth-order valence-electron chi connectivity index (χ4n) is 3.77. The van der Waals surface area contributed by atoms with Gasteiger partial charge in [0.05, 0.1) is 17.7 Å². The SMILES string of the molecule is COCCNC1CCN(c2nc(-c3ccccc3O)nc3ccc(F)cc23)CC1. The second kappa shape index (κ2) is 8.71. The van der Waals surface area contributed by atoms with Gasteiger partial charge in [-0.2, -0.15) is 0 Å².